The molecule has 4 heteroatoms. The summed E-state index contributed by atoms with van der Waals surface area (Å²) in [6.45, 7) is 0.143. The highest BCUT2D eigenvalue weighted by molar-refractivity contribution is 5.61. The Kier molecular flexibility index (Phi) is 2.69. The van der Waals surface area contributed by atoms with Gasteiger partial charge < -0.3 is 15.4 Å². The highest BCUT2D eigenvalue weighted by atomic mass is 16.5. The minimum absolute atomic E-state index is 0.143. The third-order valence-corrected chi connectivity index (χ3v) is 2.15. The molecule has 0 aliphatic rings. The van der Waals surface area contributed by atoms with Crippen molar-refractivity contribution < 1.29 is 9.63 Å². The molecular formula is C11H12N2O2. The van der Waals surface area contributed by atoms with E-state index in [1.54, 1.807) is 6.07 Å². The van der Waals surface area contributed by atoms with Crippen LogP contribution in [0.2, 0.25) is 0 Å². The number of nitrogens with two attached hydrogens (primary N) is 1. The zero-order valence-electron chi connectivity index (χ0n) is 8.18. The molecule has 15 heavy (non-hydrogen) atoms. The van der Waals surface area contributed by atoms with Crippen LogP contribution in [0.1, 0.15) is 5.56 Å². The SMILES string of the molecule is Nc1cc(-c2cccc(CCO)c2)no1. The fourth-order valence-corrected chi connectivity index (χ4v) is 1.44. The maximum absolute atomic E-state index is 8.83. The Morgan fingerprint density at radius 3 is 2.87 bits per heavy atom. The molecule has 0 radical (unpaired) electrons. The van der Waals surface area contributed by atoms with Crippen LogP contribution in [0.5, 0.6) is 0 Å². The van der Waals surface area contributed by atoms with Crippen LogP contribution in [-0.4, -0.2) is 16.9 Å². The van der Waals surface area contributed by atoms with Crippen LogP contribution in [-0.2, 0) is 6.42 Å². The van der Waals surface area contributed by atoms with Gasteiger partial charge in [0, 0.05) is 18.2 Å². The predicted octanol–water partition coefficient (Wildman–Crippen LogP) is 1.46. The van der Waals surface area contributed by atoms with E-state index in [-0.39, 0.29) is 6.61 Å². The number of rotatable bonds is 3. The van der Waals surface area contributed by atoms with Crippen LogP contribution in [0, 0.1) is 0 Å². The fourth-order valence-electron chi connectivity index (χ4n) is 1.44. The first-order valence-corrected chi connectivity index (χ1v) is 4.72. The van der Waals surface area contributed by atoms with Crippen molar-refractivity contribution in [3.63, 3.8) is 0 Å². The van der Waals surface area contributed by atoms with Crippen molar-refractivity contribution >= 4 is 5.88 Å². The van der Waals surface area contributed by atoms with Gasteiger partial charge in [-0.2, -0.15) is 0 Å². The molecule has 1 aromatic carbocycles. The second-order valence-corrected chi connectivity index (χ2v) is 3.29. The smallest absolute Gasteiger partial charge is 0.222 e. The van der Waals surface area contributed by atoms with Gasteiger partial charge in [0.25, 0.3) is 0 Å². The largest absolute Gasteiger partial charge is 0.396 e. The minimum Gasteiger partial charge on any atom is -0.396 e. The molecule has 0 aliphatic heterocycles. The second-order valence-electron chi connectivity index (χ2n) is 3.29. The monoisotopic (exact) mass is 204 g/mol. The van der Waals surface area contributed by atoms with Gasteiger partial charge in [-0.1, -0.05) is 23.4 Å². The fraction of sp³-hybridized carbons (Fsp3) is 0.182. The van der Waals surface area contributed by atoms with E-state index in [9.17, 15) is 0 Å². The number of anilines is 1. The predicted molar refractivity (Wildman–Crippen MR) is 57.1 cm³/mol. The number of benzene rings is 1. The molecule has 1 aromatic heterocycles. The Bertz CT molecular complexity index is 451. The van der Waals surface area contributed by atoms with Gasteiger partial charge in [0.15, 0.2) is 0 Å². The molecule has 3 N–H and O–H groups in total. The van der Waals surface area contributed by atoms with Crippen LogP contribution in [0.3, 0.4) is 0 Å². The normalized spacial score (nSPS) is 10.5. The zero-order valence-corrected chi connectivity index (χ0v) is 8.18. The van der Waals surface area contributed by atoms with Crippen molar-refractivity contribution in [2.75, 3.05) is 12.3 Å². The van der Waals surface area contributed by atoms with Gasteiger partial charge in [-0.25, -0.2) is 0 Å². The molecule has 4 nitrogen and oxygen atoms in total. The third-order valence-electron chi connectivity index (χ3n) is 2.15. The maximum Gasteiger partial charge on any atom is 0.222 e. The van der Waals surface area contributed by atoms with E-state index >= 15 is 0 Å². The summed E-state index contributed by atoms with van der Waals surface area (Å²) in [5.41, 5.74) is 8.17. The molecule has 0 saturated heterocycles. The third kappa shape index (κ3) is 2.16. The van der Waals surface area contributed by atoms with Gasteiger partial charge in [-0.05, 0) is 18.1 Å². The Balaban J connectivity index is 2.32. The van der Waals surface area contributed by atoms with Crippen molar-refractivity contribution in [2.24, 2.45) is 0 Å². The summed E-state index contributed by atoms with van der Waals surface area (Å²) < 4.78 is 4.80. The summed E-state index contributed by atoms with van der Waals surface area (Å²) in [4.78, 5) is 0. The first kappa shape index (κ1) is 9.73. The summed E-state index contributed by atoms with van der Waals surface area (Å²) in [5.74, 6) is 0.303. The van der Waals surface area contributed by atoms with Gasteiger partial charge >= 0.3 is 0 Å². The van der Waals surface area contributed by atoms with Crippen molar-refractivity contribution in [3.8, 4) is 11.3 Å². The van der Waals surface area contributed by atoms with E-state index in [0.29, 0.717) is 18.0 Å². The lowest BCUT2D eigenvalue weighted by Crippen LogP contribution is -1.90. The number of nitrogens with zero attached hydrogens (tertiary/aromatic N) is 1. The number of hydrogen-bond acceptors (Lipinski definition) is 4. The lowest BCUT2D eigenvalue weighted by atomic mass is 10.1. The second kappa shape index (κ2) is 4.14. The molecule has 0 unspecified atom stereocenters. The standard InChI is InChI=1S/C11H12N2O2/c12-11-7-10(13-15-11)9-3-1-2-8(6-9)4-5-14/h1-3,6-7,14H,4-5,12H2. The Labute approximate surface area is 87.3 Å². The van der Waals surface area contributed by atoms with Crippen molar-refractivity contribution in [1.29, 1.82) is 0 Å². The van der Waals surface area contributed by atoms with E-state index in [4.69, 9.17) is 15.4 Å². The molecular weight excluding hydrogens is 192 g/mol. The van der Waals surface area contributed by atoms with E-state index in [1.165, 1.54) is 0 Å². The highest BCUT2D eigenvalue weighted by Crippen LogP contribution is 2.21. The van der Waals surface area contributed by atoms with Gasteiger partial charge in [0.05, 0.1) is 0 Å². The average Bonchev–Trinajstić information content (AvgIpc) is 2.66. The lowest BCUT2D eigenvalue weighted by molar-refractivity contribution is 0.299. The molecule has 1 heterocycles. The Hall–Kier alpha value is -1.81. The van der Waals surface area contributed by atoms with Gasteiger partial charge in [-0.3, -0.25) is 0 Å². The molecule has 2 aromatic rings. The molecule has 78 valence electrons. The summed E-state index contributed by atoms with van der Waals surface area (Å²) in [6, 6.07) is 9.46. The molecule has 2 rings (SSSR count). The number of aromatic nitrogens is 1. The van der Waals surface area contributed by atoms with E-state index in [0.717, 1.165) is 11.1 Å². The number of aliphatic hydroxyl groups is 1. The van der Waals surface area contributed by atoms with Crippen LogP contribution in [0.15, 0.2) is 34.9 Å². The van der Waals surface area contributed by atoms with Crippen LogP contribution in [0.4, 0.5) is 5.88 Å². The van der Waals surface area contributed by atoms with E-state index in [2.05, 4.69) is 5.16 Å². The molecule has 0 bridgehead atoms. The molecule has 0 atom stereocenters. The average molecular weight is 204 g/mol. The quantitative estimate of drug-likeness (QED) is 0.793. The van der Waals surface area contributed by atoms with Crippen LogP contribution >= 0.6 is 0 Å². The first-order valence-electron chi connectivity index (χ1n) is 4.72. The van der Waals surface area contributed by atoms with Crippen LogP contribution in [0.25, 0.3) is 11.3 Å². The van der Waals surface area contributed by atoms with Gasteiger partial charge in [0.1, 0.15) is 5.69 Å². The maximum atomic E-state index is 8.83. The topological polar surface area (TPSA) is 72.3 Å². The summed E-state index contributed by atoms with van der Waals surface area (Å²) >= 11 is 0. The van der Waals surface area contributed by atoms with Crippen LogP contribution < -0.4 is 5.73 Å². The highest BCUT2D eigenvalue weighted by Gasteiger charge is 2.04. The lowest BCUT2D eigenvalue weighted by Gasteiger charge is -2.00. The number of aliphatic hydroxyl groups excluding tert-OH is 1. The van der Waals surface area contributed by atoms with Crippen molar-refractivity contribution in [2.45, 2.75) is 6.42 Å². The summed E-state index contributed by atoms with van der Waals surface area (Å²) in [6.07, 6.45) is 0.640. The molecule has 0 fully saturated rings. The minimum atomic E-state index is 0.143. The zero-order chi connectivity index (χ0) is 10.7. The molecule has 0 amide bonds. The Morgan fingerprint density at radius 1 is 1.33 bits per heavy atom. The number of hydrogen-bond donors (Lipinski definition) is 2. The number of nitrogen functional groups attached to an aromatic ring is 1. The van der Waals surface area contributed by atoms with E-state index < -0.39 is 0 Å². The van der Waals surface area contributed by atoms with Gasteiger partial charge in [0.2, 0.25) is 5.88 Å². The Morgan fingerprint density at radius 2 is 2.20 bits per heavy atom. The summed E-state index contributed by atoms with van der Waals surface area (Å²) in [7, 11) is 0. The first-order chi connectivity index (χ1) is 7.29. The molecule has 0 spiro atoms. The van der Waals surface area contributed by atoms with Gasteiger partial charge in [-0.15, -0.1) is 0 Å². The molecule has 0 saturated carbocycles. The van der Waals surface area contributed by atoms with E-state index in [1.807, 2.05) is 24.3 Å². The molecule has 0 aliphatic carbocycles. The van der Waals surface area contributed by atoms with Crippen molar-refractivity contribution in [1.82, 2.24) is 5.16 Å². The van der Waals surface area contributed by atoms with Crippen molar-refractivity contribution in [3.05, 3.63) is 35.9 Å². The summed E-state index contributed by atoms with van der Waals surface area (Å²) in [5, 5.41) is 12.7.